The van der Waals surface area contributed by atoms with Crippen LogP contribution in [0.1, 0.15) is 18.9 Å². The molecule has 104 valence electrons. The first-order valence-corrected chi connectivity index (χ1v) is 6.78. The van der Waals surface area contributed by atoms with E-state index < -0.39 is 0 Å². The van der Waals surface area contributed by atoms with E-state index in [1.54, 1.807) is 0 Å². The molecule has 1 aromatic rings. The normalized spacial score (nSPS) is 19.3. The zero-order chi connectivity index (χ0) is 13.7. The topological polar surface area (TPSA) is 38.8 Å². The van der Waals surface area contributed by atoms with Crippen molar-refractivity contribution in [3.8, 4) is 5.75 Å². The van der Waals surface area contributed by atoms with Gasteiger partial charge in [0.1, 0.15) is 18.5 Å². The number of carbonyl (C=O) groups is 1. The summed E-state index contributed by atoms with van der Waals surface area (Å²) in [5.74, 6) is 1.02. The molecular weight excluding hydrogens is 242 g/mol. The number of benzene rings is 1. The summed E-state index contributed by atoms with van der Waals surface area (Å²) in [6, 6.07) is 7.94. The standard InChI is InChI=1S/C15H21NO3/c1-3-15(17)16-8-9-18-14(10-16)11-19-13-6-4-12(2)5-7-13/h4-7,14H,3,8-11H2,1-2H3/t14-/m1/s1. The SMILES string of the molecule is CCC(=O)N1CCO[C@@H](COc2ccc(C)cc2)C1. The van der Waals surface area contributed by atoms with Crippen LogP contribution in [0.5, 0.6) is 5.75 Å². The van der Waals surface area contributed by atoms with Gasteiger partial charge in [-0.1, -0.05) is 24.6 Å². The highest BCUT2D eigenvalue weighted by Crippen LogP contribution is 2.13. The van der Waals surface area contributed by atoms with E-state index in [4.69, 9.17) is 9.47 Å². The van der Waals surface area contributed by atoms with Crippen molar-refractivity contribution in [1.82, 2.24) is 4.90 Å². The van der Waals surface area contributed by atoms with Crippen LogP contribution in [0.25, 0.3) is 0 Å². The minimum Gasteiger partial charge on any atom is -0.491 e. The van der Waals surface area contributed by atoms with E-state index in [2.05, 4.69) is 0 Å². The summed E-state index contributed by atoms with van der Waals surface area (Å²) in [5, 5.41) is 0. The Balaban J connectivity index is 1.82. The number of aryl methyl sites for hydroxylation is 1. The number of morpholine rings is 1. The molecule has 1 fully saturated rings. The van der Waals surface area contributed by atoms with Crippen LogP contribution >= 0.6 is 0 Å². The number of ether oxygens (including phenoxy) is 2. The van der Waals surface area contributed by atoms with Crippen molar-refractivity contribution in [2.45, 2.75) is 26.4 Å². The lowest BCUT2D eigenvalue weighted by atomic mass is 10.2. The molecule has 1 amide bonds. The number of hydrogen-bond acceptors (Lipinski definition) is 3. The minimum atomic E-state index is -0.0365. The largest absolute Gasteiger partial charge is 0.491 e. The van der Waals surface area contributed by atoms with Crippen LogP contribution in [-0.2, 0) is 9.53 Å². The minimum absolute atomic E-state index is 0.0365. The molecule has 1 aliphatic rings. The Bertz CT molecular complexity index is 416. The molecule has 1 heterocycles. The highest BCUT2D eigenvalue weighted by Gasteiger charge is 2.23. The molecule has 1 saturated heterocycles. The van der Waals surface area contributed by atoms with Gasteiger partial charge in [0, 0.05) is 13.0 Å². The quantitative estimate of drug-likeness (QED) is 0.834. The lowest BCUT2D eigenvalue weighted by molar-refractivity contribution is -0.139. The molecular formula is C15H21NO3. The molecule has 0 N–H and O–H groups in total. The fourth-order valence-electron chi connectivity index (χ4n) is 2.09. The number of rotatable bonds is 4. The molecule has 2 rings (SSSR count). The van der Waals surface area contributed by atoms with Crippen molar-refractivity contribution in [2.24, 2.45) is 0 Å². The van der Waals surface area contributed by atoms with Gasteiger partial charge in [-0.15, -0.1) is 0 Å². The van der Waals surface area contributed by atoms with Gasteiger partial charge in [-0.05, 0) is 19.1 Å². The fraction of sp³-hybridized carbons (Fsp3) is 0.533. The molecule has 0 bridgehead atoms. The van der Waals surface area contributed by atoms with E-state index >= 15 is 0 Å². The summed E-state index contributed by atoms with van der Waals surface area (Å²) in [7, 11) is 0. The fourth-order valence-corrected chi connectivity index (χ4v) is 2.09. The molecule has 4 nitrogen and oxygen atoms in total. The number of amides is 1. The van der Waals surface area contributed by atoms with Gasteiger partial charge in [0.15, 0.2) is 0 Å². The van der Waals surface area contributed by atoms with Gasteiger partial charge >= 0.3 is 0 Å². The smallest absolute Gasteiger partial charge is 0.222 e. The van der Waals surface area contributed by atoms with Crippen molar-refractivity contribution in [3.05, 3.63) is 29.8 Å². The molecule has 19 heavy (non-hydrogen) atoms. The zero-order valence-corrected chi connectivity index (χ0v) is 11.6. The Labute approximate surface area is 114 Å². The van der Waals surface area contributed by atoms with Crippen LogP contribution in [0.15, 0.2) is 24.3 Å². The van der Waals surface area contributed by atoms with E-state index in [9.17, 15) is 4.79 Å². The molecule has 4 heteroatoms. The van der Waals surface area contributed by atoms with Gasteiger partial charge in [0.25, 0.3) is 0 Å². The number of hydrogen-bond donors (Lipinski definition) is 0. The highest BCUT2D eigenvalue weighted by atomic mass is 16.5. The van der Waals surface area contributed by atoms with Gasteiger partial charge in [-0.3, -0.25) is 4.79 Å². The van der Waals surface area contributed by atoms with Gasteiger partial charge < -0.3 is 14.4 Å². The molecule has 0 spiro atoms. The van der Waals surface area contributed by atoms with E-state index in [1.165, 1.54) is 5.56 Å². The summed E-state index contributed by atoms with van der Waals surface area (Å²) >= 11 is 0. The second kappa shape index (κ2) is 6.57. The Morgan fingerprint density at radius 1 is 1.42 bits per heavy atom. The average molecular weight is 263 g/mol. The van der Waals surface area contributed by atoms with Crippen molar-refractivity contribution in [1.29, 1.82) is 0 Å². The molecule has 0 aromatic heterocycles. The molecule has 0 radical (unpaired) electrons. The molecule has 0 unspecified atom stereocenters. The van der Waals surface area contributed by atoms with Crippen LogP contribution in [-0.4, -0.2) is 43.2 Å². The molecule has 1 atom stereocenters. The summed E-state index contributed by atoms with van der Waals surface area (Å²) in [4.78, 5) is 13.5. The summed E-state index contributed by atoms with van der Waals surface area (Å²) in [5.41, 5.74) is 1.21. The first kappa shape index (κ1) is 13.9. The van der Waals surface area contributed by atoms with Gasteiger partial charge in [0.05, 0.1) is 13.2 Å². The molecule has 1 aromatic carbocycles. The lowest BCUT2D eigenvalue weighted by Gasteiger charge is -2.32. The van der Waals surface area contributed by atoms with Crippen molar-refractivity contribution in [2.75, 3.05) is 26.3 Å². The van der Waals surface area contributed by atoms with E-state index in [-0.39, 0.29) is 12.0 Å². The van der Waals surface area contributed by atoms with Crippen molar-refractivity contribution >= 4 is 5.91 Å². The first-order valence-electron chi connectivity index (χ1n) is 6.78. The lowest BCUT2D eigenvalue weighted by Crippen LogP contribution is -2.47. The summed E-state index contributed by atoms with van der Waals surface area (Å²) in [6.07, 6.45) is 0.511. The highest BCUT2D eigenvalue weighted by molar-refractivity contribution is 5.75. The predicted molar refractivity (Wildman–Crippen MR) is 73.3 cm³/mol. The maximum Gasteiger partial charge on any atom is 0.222 e. The van der Waals surface area contributed by atoms with Crippen LogP contribution in [0.2, 0.25) is 0 Å². The maximum absolute atomic E-state index is 11.7. The average Bonchev–Trinajstić information content (AvgIpc) is 2.46. The summed E-state index contributed by atoms with van der Waals surface area (Å²) in [6.45, 7) is 6.31. The Morgan fingerprint density at radius 3 is 2.84 bits per heavy atom. The number of carbonyl (C=O) groups excluding carboxylic acids is 1. The van der Waals surface area contributed by atoms with Crippen LogP contribution in [0, 0.1) is 6.92 Å². The Hall–Kier alpha value is -1.55. The Morgan fingerprint density at radius 2 is 2.16 bits per heavy atom. The maximum atomic E-state index is 11.7. The first-order chi connectivity index (χ1) is 9.19. The van der Waals surface area contributed by atoms with Gasteiger partial charge in [-0.25, -0.2) is 0 Å². The van der Waals surface area contributed by atoms with E-state index in [1.807, 2.05) is 43.0 Å². The van der Waals surface area contributed by atoms with Crippen LogP contribution < -0.4 is 4.74 Å². The van der Waals surface area contributed by atoms with Crippen LogP contribution in [0.4, 0.5) is 0 Å². The number of nitrogens with zero attached hydrogens (tertiary/aromatic N) is 1. The monoisotopic (exact) mass is 263 g/mol. The third-order valence-corrected chi connectivity index (χ3v) is 3.25. The third-order valence-electron chi connectivity index (χ3n) is 3.25. The third kappa shape index (κ3) is 3.96. The van der Waals surface area contributed by atoms with E-state index in [0.717, 1.165) is 5.75 Å². The predicted octanol–water partition coefficient (Wildman–Crippen LogP) is 2.01. The summed E-state index contributed by atoms with van der Waals surface area (Å²) < 4.78 is 11.3. The van der Waals surface area contributed by atoms with Gasteiger partial charge in [0.2, 0.25) is 5.91 Å². The molecule has 0 saturated carbocycles. The van der Waals surface area contributed by atoms with Crippen LogP contribution in [0.3, 0.4) is 0 Å². The van der Waals surface area contributed by atoms with Crippen molar-refractivity contribution < 1.29 is 14.3 Å². The molecule has 1 aliphatic heterocycles. The van der Waals surface area contributed by atoms with Gasteiger partial charge in [-0.2, -0.15) is 0 Å². The second-order valence-electron chi connectivity index (χ2n) is 4.81. The Kier molecular flexibility index (Phi) is 4.80. The van der Waals surface area contributed by atoms with E-state index in [0.29, 0.717) is 32.7 Å². The van der Waals surface area contributed by atoms with Crippen molar-refractivity contribution in [3.63, 3.8) is 0 Å². The second-order valence-corrected chi connectivity index (χ2v) is 4.81. The molecule has 0 aliphatic carbocycles. The zero-order valence-electron chi connectivity index (χ0n) is 11.6.